The number of aliphatic hydroxyl groups is 1. The minimum Gasteiger partial charge on any atom is -0.387 e. The van der Waals surface area contributed by atoms with Gasteiger partial charge in [0.15, 0.2) is 0 Å². The highest BCUT2D eigenvalue weighted by atomic mass is 16.3. The molecule has 1 N–H and O–H groups in total. The Morgan fingerprint density at radius 3 is 2.38 bits per heavy atom. The SMILES string of the molecule is O=C(CC12CC3CC(CC(C3)C1)C2)N1Cc2ccccc2C(O)C1. The van der Waals surface area contributed by atoms with E-state index < -0.39 is 6.10 Å². The van der Waals surface area contributed by atoms with Crippen molar-refractivity contribution >= 4 is 5.91 Å². The van der Waals surface area contributed by atoms with Crippen LogP contribution in [0, 0.1) is 23.2 Å². The second kappa shape index (κ2) is 5.32. The molecule has 5 aliphatic rings. The molecule has 3 heteroatoms. The molecule has 1 amide bonds. The van der Waals surface area contributed by atoms with Gasteiger partial charge < -0.3 is 10.0 Å². The lowest BCUT2D eigenvalue weighted by molar-refractivity contribution is -0.142. The largest absolute Gasteiger partial charge is 0.387 e. The summed E-state index contributed by atoms with van der Waals surface area (Å²) in [6, 6.07) is 8.00. The lowest BCUT2D eigenvalue weighted by Gasteiger charge is -2.57. The molecule has 0 saturated heterocycles. The van der Waals surface area contributed by atoms with Gasteiger partial charge in [0.1, 0.15) is 0 Å². The fourth-order valence-corrected chi connectivity index (χ4v) is 6.71. The fourth-order valence-electron chi connectivity index (χ4n) is 6.71. The van der Waals surface area contributed by atoms with E-state index in [9.17, 15) is 9.90 Å². The number of rotatable bonds is 2. The molecular weight excluding hydrogens is 298 g/mol. The summed E-state index contributed by atoms with van der Waals surface area (Å²) >= 11 is 0. The Hall–Kier alpha value is -1.35. The molecule has 1 aliphatic heterocycles. The summed E-state index contributed by atoms with van der Waals surface area (Å²) in [4.78, 5) is 15.0. The first kappa shape index (κ1) is 14.9. The van der Waals surface area contributed by atoms with Crippen molar-refractivity contribution in [2.45, 2.75) is 57.6 Å². The molecule has 128 valence electrons. The molecule has 3 nitrogen and oxygen atoms in total. The summed E-state index contributed by atoms with van der Waals surface area (Å²) in [5.74, 6) is 2.93. The van der Waals surface area contributed by atoms with E-state index in [1.807, 2.05) is 29.2 Å². The van der Waals surface area contributed by atoms with Crippen LogP contribution in [0.1, 0.15) is 62.2 Å². The maximum atomic E-state index is 13.1. The minimum absolute atomic E-state index is 0.269. The highest BCUT2D eigenvalue weighted by molar-refractivity contribution is 5.77. The summed E-state index contributed by atoms with van der Waals surface area (Å²) in [5, 5.41) is 10.4. The van der Waals surface area contributed by atoms with Crippen molar-refractivity contribution in [3.63, 3.8) is 0 Å². The number of aliphatic hydroxyl groups excluding tert-OH is 1. The minimum atomic E-state index is -0.532. The summed E-state index contributed by atoms with van der Waals surface area (Å²) < 4.78 is 0. The monoisotopic (exact) mass is 325 g/mol. The third-order valence-corrected chi connectivity index (χ3v) is 7.21. The molecule has 24 heavy (non-hydrogen) atoms. The van der Waals surface area contributed by atoms with Crippen LogP contribution in [0.3, 0.4) is 0 Å². The zero-order chi connectivity index (χ0) is 16.3. The number of nitrogens with zero attached hydrogens (tertiary/aromatic N) is 1. The highest BCUT2D eigenvalue weighted by Gasteiger charge is 2.51. The average molecular weight is 325 g/mol. The molecule has 4 bridgehead atoms. The lowest BCUT2D eigenvalue weighted by Crippen LogP contribution is -2.49. The number of carbonyl (C=O) groups excluding carboxylic acids is 1. The second-order valence-corrected chi connectivity index (χ2v) is 9.08. The van der Waals surface area contributed by atoms with Gasteiger partial charge in [-0.05, 0) is 72.8 Å². The van der Waals surface area contributed by atoms with E-state index in [1.54, 1.807) is 0 Å². The molecule has 4 fully saturated rings. The van der Waals surface area contributed by atoms with Crippen LogP contribution >= 0.6 is 0 Å². The van der Waals surface area contributed by atoms with E-state index in [-0.39, 0.29) is 11.3 Å². The first-order chi connectivity index (χ1) is 11.6. The van der Waals surface area contributed by atoms with Gasteiger partial charge in [0.25, 0.3) is 0 Å². The van der Waals surface area contributed by atoms with Crippen LogP contribution in [0.4, 0.5) is 0 Å². The fraction of sp³-hybridized carbons (Fsp3) is 0.667. The maximum absolute atomic E-state index is 13.1. The van der Waals surface area contributed by atoms with Crippen LogP contribution in [0.2, 0.25) is 0 Å². The topological polar surface area (TPSA) is 40.5 Å². The molecule has 1 unspecified atom stereocenters. The van der Waals surface area contributed by atoms with Gasteiger partial charge in [-0.15, -0.1) is 0 Å². The summed E-state index contributed by atoms with van der Waals surface area (Å²) in [6.45, 7) is 1.13. The van der Waals surface area contributed by atoms with Crippen molar-refractivity contribution in [1.29, 1.82) is 0 Å². The Morgan fingerprint density at radius 1 is 1.08 bits per heavy atom. The van der Waals surface area contributed by atoms with Crippen molar-refractivity contribution in [3.05, 3.63) is 35.4 Å². The smallest absolute Gasteiger partial charge is 0.223 e. The zero-order valence-corrected chi connectivity index (χ0v) is 14.3. The maximum Gasteiger partial charge on any atom is 0.223 e. The van der Waals surface area contributed by atoms with Crippen LogP contribution in [0.5, 0.6) is 0 Å². The molecule has 4 aliphatic carbocycles. The van der Waals surface area contributed by atoms with Gasteiger partial charge in [-0.1, -0.05) is 24.3 Å². The average Bonchev–Trinajstić information content (AvgIpc) is 2.53. The highest BCUT2D eigenvalue weighted by Crippen LogP contribution is 2.61. The standard InChI is InChI=1S/C21H27NO2/c23-19-13-22(12-17-3-1-2-4-18(17)19)20(24)11-21-8-14-5-15(9-21)7-16(6-14)10-21/h1-4,14-16,19,23H,5-13H2. The van der Waals surface area contributed by atoms with Gasteiger partial charge in [0.2, 0.25) is 5.91 Å². The number of β-amino-alcohol motifs (C(OH)–C–C–N with tert-alkyl or cyclic N) is 1. The van der Waals surface area contributed by atoms with Crippen LogP contribution < -0.4 is 0 Å². The van der Waals surface area contributed by atoms with Crippen molar-refractivity contribution in [2.75, 3.05) is 6.54 Å². The Bertz CT molecular complexity index is 632. The Morgan fingerprint density at radius 2 is 1.71 bits per heavy atom. The zero-order valence-electron chi connectivity index (χ0n) is 14.3. The first-order valence-electron chi connectivity index (χ1n) is 9.64. The van der Waals surface area contributed by atoms with Gasteiger partial charge in [-0.2, -0.15) is 0 Å². The number of benzene rings is 1. The molecule has 0 radical (unpaired) electrons. The Balaban J connectivity index is 1.33. The van der Waals surface area contributed by atoms with Crippen molar-refractivity contribution < 1.29 is 9.90 Å². The molecule has 0 spiro atoms. The third kappa shape index (κ3) is 2.40. The molecular formula is C21H27NO2. The van der Waals surface area contributed by atoms with E-state index in [4.69, 9.17) is 0 Å². The van der Waals surface area contributed by atoms with Crippen LogP contribution in [0.25, 0.3) is 0 Å². The van der Waals surface area contributed by atoms with Crippen LogP contribution in [0.15, 0.2) is 24.3 Å². The van der Waals surface area contributed by atoms with E-state index >= 15 is 0 Å². The predicted octanol–water partition coefficient (Wildman–Crippen LogP) is 3.67. The van der Waals surface area contributed by atoms with Gasteiger partial charge in [0.05, 0.1) is 12.6 Å². The summed E-state index contributed by atoms with van der Waals surface area (Å²) in [7, 11) is 0. The van der Waals surface area contributed by atoms with Crippen molar-refractivity contribution in [1.82, 2.24) is 4.90 Å². The van der Waals surface area contributed by atoms with Crippen molar-refractivity contribution in [2.24, 2.45) is 23.2 Å². The van der Waals surface area contributed by atoms with Crippen LogP contribution in [-0.4, -0.2) is 22.5 Å². The Kier molecular flexibility index (Phi) is 3.31. The molecule has 4 saturated carbocycles. The molecule has 1 aromatic rings. The number of amides is 1. The van der Waals surface area contributed by atoms with Gasteiger partial charge in [-0.25, -0.2) is 0 Å². The summed E-state index contributed by atoms with van der Waals surface area (Å²) in [5.41, 5.74) is 2.39. The lowest BCUT2D eigenvalue weighted by atomic mass is 9.49. The molecule has 1 atom stereocenters. The van der Waals surface area contributed by atoms with E-state index in [0.717, 1.165) is 28.9 Å². The summed E-state index contributed by atoms with van der Waals surface area (Å²) in [6.07, 6.45) is 8.27. The molecule has 1 aromatic carbocycles. The molecule has 0 aromatic heterocycles. The normalized spacial score (nSPS) is 39.8. The quantitative estimate of drug-likeness (QED) is 0.901. The first-order valence-corrected chi connectivity index (χ1v) is 9.64. The van der Waals surface area contributed by atoms with E-state index in [2.05, 4.69) is 0 Å². The number of fused-ring (bicyclic) bond motifs is 1. The van der Waals surface area contributed by atoms with E-state index in [1.165, 1.54) is 38.5 Å². The predicted molar refractivity (Wildman–Crippen MR) is 92.0 cm³/mol. The molecule has 6 rings (SSSR count). The van der Waals surface area contributed by atoms with Gasteiger partial charge >= 0.3 is 0 Å². The number of hydrogen-bond donors (Lipinski definition) is 1. The van der Waals surface area contributed by atoms with Crippen LogP contribution in [-0.2, 0) is 11.3 Å². The van der Waals surface area contributed by atoms with Gasteiger partial charge in [0, 0.05) is 13.0 Å². The molecule has 1 heterocycles. The van der Waals surface area contributed by atoms with Crippen molar-refractivity contribution in [3.8, 4) is 0 Å². The Labute approximate surface area is 144 Å². The van der Waals surface area contributed by atoms with Gasteiger partial charge in [-0.3, -0.25) is 4.79 Å². The number of hydrogen-bond acceptors (Lipinski definition) is 2. The third-order valence-electron chi connectivity index (χ3n) is 7.21. The second-order valence-electron chi connectivity index (χ2n) is 9.08. The van der Waals surface area contributed by atoms with E-state index in [0.29, 0.717) is 19.5 Å². The number of carbonyl (C=O) groups is 1.